The number of fused-ring (bicyclic) bond motifs is 1. The third-order valence-corrected chi connectivity index (χ3v) is 2.79. The van der Waals surface area contributed by atoms with Crippen LogP contribution in [0.25, 0.3) is 0 Å². The van der Waals surface area contributed by atoms with E-state index >= 15 is 0 Å². The summed E-state index contributed by atoms with van der Waals surface area (Å²) in [4.78, 5) is 22.7. The van der Waals surface area contributed by atoms with Gasteiger partial charge in [-0.3, -0.25) is 9.59 Å². The van der Waals surface area contributed by atoms with Crippen LogP contribution in [0.4, 0.5) is 5.69 Å². The monoisotopic (exact) mass is 225 g/mol. The van der Waals surface area contributed by atoms with Crippen molar-refractivity contribution in [2.24, 2.45) is 0 Å². The molecule has 0 aromatic heterocycles. The molecule has 78 valence electrons. The topological polar surface area (TPSA) is 55.4 Å². The molecule has 1 aliphatic heterocycles. The molecule has 0 saturated heterocycles. The van der Waals surface area contributed by atoms with Gasteiger partial charge in [0, 0.05) is 0 Å². The number of hydrogen-bond donors (Lipinski definition) is 1. The maximum atomic E-state index is 11.5. The van der Waals surface area contributed by atoms with E-state index in [4.69, 9.17) is 16.3 Å². The Hall–Kier alpha value is -1.55. The number of benzene rings is 1. The van der Waals surface area contributed by atoms with Crippen molar-refractivity contribution in [2.45, 2.75) is 6.92 Å². The second kappa shape index (κ2) is 3.24. The minimum atomic E-state index is -0.671. The number of rotatable bonds is 1. The molecule has 0 saturated carbocycles. The number of anilines is 1. The summed E-state index contributed by atoms with van der Waals surface area (Å²) in [6.07, 6.45) is 0. The standard InChI is InChI=1S/C10H8ClNO3/c1-4-3-5(15-2)8-6(7(4)11)9(13)10(14)12-8/h3H,1-2H3,(H,12,13,14). The molecule has 1 amide bonds. The van der Waals surface area contributed by atoms with Gasteiger partial charge >= 0.3 is 0 Å². The largest absolute Gasteiger partial charge is 0.495 e. The van der Waals surface area contributed by atoms with Crippen LogP contribution in [0.3, 0.4) is 0 Å². The highest BCUT2D eigenvalue weighted by Gasteiger charge is 2.33. The van der Waals surface area contributed by atoms with E-state index in [9.17, 15) is 9.59 Å². The molecule has 1 aromatic carbocycles. The Morgan fingerprint density at radius 1 is 1.40 bits per heavy atom. The fraction of sp³-hybridized carbons (Fsp3) is 0.200. The number of hydrogen-bond acceptors (Lipinski definition) is 3. The summed E-state index contributed by atoms with van der Waals surface area (Å²) in [6, 6.07) is 1.68. The Balaban J connectivity index is 2.76. The van der Waals surface area contributed by atoms with Gasteiger partial charge in [0.2, 0.25) is 0 Å². The van der Waals surface area contributed by atoms with E-state index in [1.54, 1.807) is 13.0 Å². The second-order valence-electron chi connectivity index (χ2n) is 3.24. The van der Waals surface area contributed by atoms with E-state index in [1.807, 2.05) is 0 Å². The first-order chi connectivity index (χ1) is 7.06. The first-order valence-electron chi connectivity index (χ1n) is 4.29. The van der Waals surface area contributed by atoms with E-state index in [0.717, 1.165) is 0 Å². The SMILES string of the molecule is COc1cc(C)c(Cl)c2c1NC(=O)C2=O. The van der Waals surface area contributed by atoms with E-state index in [-0.39, 0.29) is 5.56 Å². The van der Waals surface area contributed by atoms with Crippen molar-refractivity contribution in [3.05, 3.63) is 22.2 Å². The first-order valence-corrected chi connectivity index (χ1v) is 4.66. The van der Waals surface area contributed by atoms with Crippen LogP contribution in [0.2, 0.25) is 5.02 Å². The van der Waals surface area contributed by atoms with Crippen LogP contribution in [-0.4, -0.2) is 18.8 Å². The molecule has 0 bridgehead atoms. The molecule has 0 fully saturated rings. The number of nitrogens with one attached hydrogen (secondary N) is 1. The lowest BCUT2D eigenvalue weighted by molar-refractivity contribution is -0.112. The van der Waals surface area contributed by atoms with Gasteiger partial charge in [-0.05, 0) is 18.6 Å². The van der Waals surface area contributed by atoms with Gasteiger partial charge in [0.1, 0.15) is 5.75 Å². The number of halogens is 1. The first kappa shape index (κ1) is 9.98. The average molecular weight is 226 g/mol. The van der Waals surface area contributed by atoms with E-state index < -0.39 is 11.7 Å². The Morgan fingerprint density at radius 2 is 2.07 bits per heavy atom. The van der Waals surface area contributed by atoms with Gasteiger partial charge in [-0.25, -0.2) is 0 Å². The zero-order chi connectivity index (χ0) is 11.2. The molecule has 0 spiro atoms. The number of carbonyl (C=O) groups excluding carboxylic acids is 2. The lowest BCUT2D eigenvalue weighted by Crippen LogP contribution is -2.12. The van der Waals surface area contributed by atoms with Crippen molar-refractivity contribution in [3.63, 3.8) is 0 Å². The number of aryl methyl sites for hydroxylation is 1. The normalized spacial score (nSPS) is 13.8. The zero-order valence-electron chi connectivity index (χ0n) is 8.18. The average Bonchev–Trinajstić information content (AvgIpc) is 2.50. The molecule has 1 aliphatic rings. The van der Waals surface area contributed by atoms with Gasteiger partial charge in [-0.1, -0.05) is 11.6 Å². The van der Waals surface area contributed by atoms with Crippen molar-refractivity contribution >= 4 is 29.0 Å². The zero-order valence-corrected chi connectivity index (χ0v) is 8.94. The van der Waals surface area contributed by atoms with Crippen molar-refractivity contribution in [1.82, 2.24) is 0 Å². The third kappa shape index (κ3) is 1.29. The minimum Gasteiger partial charge on any atom is -0.495 e. The summed E-state index contributed by atoms with van der Waals surface area (Å²) < 4.78 is 5.06. The highest BCUT2D eigenvalue weighted by Crippen LogP contribution is 2.39. The molecule has 1 heterocycles. The van der Waals surface area contributed by atoms with Crippen molar-refractivity contribution in [3.8, 4) is 5.75 Å². The van der Waals surface area contributed by atoms with Crippen LogP contribution in [0.5, 0.6) is 5.75 Å². The fourth-order valence-electron chi connectivity index (χ4n) is 1.54. The molecular weight excluding hydrogens is 218 g/mol. The third-order valence-electron chi connectivity index (χ3n) is 2.30. The van der Waals surface area contributed by atoms with Crippen molar-refractivity contribution in [1.29, 1.82) is 0 Å². The Morgan fingerprint density at radius 3 is 2.67 bits per heavy atom. The number of carbonyl (C=O) groups is 2. The molecule has 2 rings (SSSR count). The molecule has 15 heavy (non-hydrogen) atoms. The number of amides is 1. The van der Waals surface area contributed by atoms with E-state index in [1.165, 1.54) is 7.11 Å². The molecule has 5 heteroatoms. The minimum absolute atomic E-state index is 0.207. The summed E-state index contributed by atoms with van der Waals surface area (Å²) in [5, 5.41) is 2.74. The van der Waals surface area contributed by atoms with Crippen LogP contribution in [0.1, 0.15) is 15.9 Å². The number of Topliss-reactive ketones (excluding diaryl/α,β-unsaturated/α-hetero) is 1. The van der Waals surface area contributed by atoms with Gasteiger partial charge in [-0.2, -0.15) is 0 Å². The summed E-state index contributed by atoms with van der Waals surface area (Å²) >= 11 is 5.96. The van der Waals surface area contributed by atoms with Crippen LogP contribution in [-0.2, 0) is 4.79 Å². The molecular formula is C10H8ClNO3. The Bertz CT molecular complexity index is 482. The summed E-state index contributed by atoms with van der Waals surface area (Å²) in [5.41, 5.74) is 1.28. The molecule has 1 N–H and O–H groups in total. The van der Waals surface area contributed by atoms with E-state index in [0.29, 0.717) is 22.0 Å². The van der Waals surface area contributed by atoms with Crippen molar-refractivity contribution < 1.29 is 14.3 Å². The van der Waals surface area contributed by atoms with Crippen LogP contribution in [0.15, 0.2) is 6.07 Å². The van der Waals surface area contributed by atoms with Crippen LogP contribution in [0, 0.1) is 6.92 Å². The summed E-state index contributed by atoms with van der Waals surface area (Å²) in [6.45, 7) is 1.75. The second-order valence-corrected chi connectivity index (χ2v) is 3.62. The van der Waals surface area contributed by atoms with Gasteiger partial charge < -0.3 is 10.1 Å². The number of ether oxygens (including phenoxy) is 1. The van der Waals surface area contributed by atoms with Gasteiger partial charge in [-0.15, -0.1) is 0 Å². The summed E-state index contributed by atoms with van der Waals surface area (Å²) in [7, 11) is 1.47. The highest BCUT2D eigenvalue weighted by molar-refractivity contribution is 6.55. The Labute approximate surface area is 91.2 Å². The maximum Gasteiger partial charge on any atom is 0.297 e. The molecule has 0 aliphatic carbocycles. The predicted molar refractivity (Wildman–Crippen MR) is 55.7 cm³/mol. The highest BCUT2D eigenvalue weighted by atomic mass is 35.5. The van der Waals surface area contributed by atoms with Crippen molar-refractivity contribution in [2.75, 3.05) is 12.4 Å². The Kier molecular flexibility index (Phi) is 2.16. The lowest BCUT2D eigenvalue weighted by atomic mass is 10.1. The van der Waals surface area contributed by atoms with Crippen LogP contribution < -0.4 is 10.1 Å². The fourth-order valence-corrected chi connectivity index (χ4v) is 1.78. The maximum absolute atomic E-state index is 11.5. The summed E-state index contributed by atoms with van der Waals surface area (Å²) in [5.74, 6) is -0.834. The molecule has 0 unspecified atom stereocenters. The smallest absolute Gasteiger partial charge is 0.297 e. The molecule has 1 aromatic rings. The molecule has 4 nitrogen and oxygen atoms in total. The molecule has 0 atom stereocenters. The number of ketones is 1. The lowest BCUT2D eigenvalue weighted by Gasteiger charge is -2.09. The van der Waals surface area contributed by atoms with Gasteiger partial charge in [0.25, 0.3) is 11.7 Å². The van der Waals surface area contributed by atoms with Crippen LogP contribution >= 0.6 is 11.6 Å². The number of methoxy groups -OCH3 is 1. The van der Waals surface area contributed by atoms with E-state index in [2.05, 4.69) is 5.32 Å². The van der Waals surface area contributed by atoms with Gasteiger partial charge in [0.05, 0.1) is 23.4 Å². The molecule has 0 radical (unpaired) electrons. The van der Waals surface area contributed by atoms with Gasteiger partial charge in [0.15, 0.2) is 0 Å². The quantitative estimate of drug-likeness (QED) is 0.742. The predicted octanol–water partition coefficient (Wildman–Crippen LogP) is 1.79.